The molecule has 0 amide bonds. The van der Waals surface area contributed by atoms with Gasteiger partial charge in [-0.05, 0) is 144 Å². The summed E-state index contributed by atoms with van der Waals surface area (Å²) in [7, 11) is 1.94. The Morgan fingerprint density at radius 3 is 1.37 bits per heavy atom. The third kappa shape index (κ3) is 9.28. The Morgan fingerprint density at radius 1 is 0.408 bits per heavy atom. The normalized spacial score (nSPS) is 16.0. The zero-order chi connectivity index (χ0) is 48.6. The van der Waals surface area contributed by atoms with Crippen molar-refractivity contribution in [1.29, 1.82) is 0 Å². The number of aryl methyl sites for hydroxylation is 4. The number of nitrogens with zero attached hydrogens (tertiary/aromatic N) is 3. The maximum atomic E-state index is 5.10. The Morgan fingerprint density at radius 2 is 0.845 bits per heavy atom. The highest BCUT2D eigenvalue weighted by molar-refractivity contribution is 5.99. The van der Waals surface area contributed by atoms with Crippen LogP contribution in [-0.2, 0) is 36.8 Å². The van der Waals surface area contributed by atoms with Crippen molar-refractivity contribution in [3.8, 4) is 44.6 Å². The first kappa shape index (κ1) is 47.7. The summed E-state index contributed by atoms with van der Waals surface area (Å²) in [5.74, 6) is 0.929. The first-order valence-corrected chi connectivity index (χ1v) is 26.7. The highest BCUT2D eigenvalue weighted by Gasteiger charge is 2.73. The lowest BCUT2D eigenvalue weighted by atomic mass is 9.60. The van der Waals surface area contributed by atoms with Crippen LogP contribution >= 0.6 is 0 Å². The largest absolute Gasteiger partial charge is 0.345 e. The number of fused-ring (bicyclic) bond motifs is 6. The molecule has 2 aliphatic heterocycles. The summed E-state index contributed by atoms with van der Waals surface area (Å²) in [6.07, 6.45) is 18.7. The number of aromatic nitrogens is 1. The molecular formula is C68H71N3+2. The molecule has 0 saturated heterocycles. The summed E-state index contributed by atoms with van der Waals surface area (Å²) in [4.78, 5) is 5.10. The Bertz CT molecular complexity index is 3140. The standard InChI is InChI=1S/C68H71N3/c1-5-67(6-2)63-42-40-58(56-38-24-34-53(46-56)32-16-9-7-14-26-51-28-18-11-19-29-51)48-61(63)65-50-60(55-36-22-13-23-37-55)44-45-71(65)68(67)64-43-41-59(49-62(64)66(69-3)70(68)4)57-39-25-35-54(47-57)33-17-10-8-15-27-52-30-20-12-21-31-52/h11-13,18-25,28-31,34-50H,4-10,14-17,26-27,32-33H2,1-3H3/q+2/b69-66-. The molecule has 2 aliphatic rings. The van der Waals surface area contributed by atoms with Gasteiger partial charge >= 0.3 is 11.5 Å². The second-order valence-corrected chi connectivity index (χ2v) is 20.2. The number of benzene rings is 7. The molecule has 1 aromatic heterocycles. The molecule has 8 aromatic rings. The minimum absolute atomic E-state index is 0.347. The van der Waals surface area contributed by atoms with Crippen molar-refractivity contribution in [1.82, 2.24) is 0 Å². The third-order valence-corrected chi connectivity index (χ3v) is 16.2. The molecule has 0 saturated carbocycles. The van der Waals surface area contributed by atoms with Gasteiger partial charge in [-0.3, -0.25) is 0 Å². The van der Waals surface area contributed by atoms with Gasteiger partial charge in [0.05, 0.1) is 23.4 Å². The topological polar surface area (TPSA) is 19.2 Å². The smallest absolute Gasteiger partial charge is 0.169 e. The number of pyridine rings is 1. The monoisotopic (exact) mass is 930 g/mol. The number of amidine groups is 1. The van der Waals surface area contributed by atoms with Gasteiger partial charge < -0.3 is 0 Å². The second kappa shape index (κ2) is 21.6. The number of unbranched alkanes of at least 4 members (excludes halogenated alkanes) is 6. The Hall–Kier alpha value is -6.97. The van der Waals surface area contributed by atoms with E-state index in [1.54, 1.807) is 0 Å². The zero-order valence-corrected chi connectivity index (χ0v) is 42.4. The Kier molecular flexibility index (Phi) is 14.5. The summed E-state index contributed by atoms with van der Waals surface area (Å²) in [5.41, 5.74) is 18.4. The summed E-state index contributed by atoms with van der Waals surface area (Å²) >= 11 is 0. The van der Waals surface area contributed by atoms with E-state index in [2.05, 4.69) is 217 Å². The lowest BCUT2D eigenvalue weighted by molar-refractivity contribution is -0.894. The van der Waals surface area contributed by atoms with Crippen LogP contribution in [0.3, 0.4) is 0 Å². The van der Waals surface area contributed by atoms with Crippen LogP contribution in [0.2, 0.25) is 0 Å². The molecule has 0 bridgehead atoms. The molecular weight excluding hydrogens is 859 g/mol. The second-order valence-electron chi connectivity index (χ2n) is 20.2. The molecule has 71 heavy (non-hydrogen) atoms. The van der Waals surface area contributed by atoms with Crippen LogP contribution in [0.4, 0.5) is 0 Å². The first-order chi connectivity index (χ1) is 35.0. The van der Waals surface area contributed by atoms with E-state index in [9.17, 15) is 0 Å². The molecule has 1 unspecified atom stereocenters. The highest BCUT2D eigenvalue weighted by atomic mass is 15.3. The van der Waals surface area contributed by atoms with Gasteiger partial charge in [0.1, 0.15) is 12.5 Å². The van der Waals surface area contributed by atoms with Crippen LogP contribution in [0.15, 0.2) is 199 Å². The summed E-state index contributed by atoms with van der Waals surface area (Å²) < 4.78 is 4.87. The summed E-state index contributed by atoms with van der Waals surface area (Å²) in [6.45, 7) is 9.79. The van der Waals surface area contributed by atoms with Crippen molar-refractivity contribution in [2.75, 3.05) is 7.05 Å². The molecule has 10 rings (SSSR count). The van der Waals surface area contributed by atoms with Crippen LogP contribution in [0, 0.1) is 0 Å². The minimum atomic E-state index is -0.679. The summed E-state index contributed by atoms with van der Waals surface area (Å²) in [6, 6.07) is 70.5. The van der Waals surface area contributed by atoms with E-state index in [0.717, 1.165) is 37.1 Å². The quantitative estimate of drug-likeness (QED) is 0.0569. The van der Waals surface area contributed by atoms with E-state index in [1.807, 2.05) is 7.05 Å². The van der Waals surface area contributed by atoms with Crippen LogP contribution < -0.4 is 4.57 Å². The van der Waals surface area contributed by atoms with Gasteiger partial charge in [-0.25, -0.2) is 0 Å². The molecule has 0 N–H and O–H groups in total. The number of hydrogen-bond donors (Lipinski definition) is 0. The predicted octanol–water partition coefficient (Wildman–Crippen LogP) is 16.2. The van der Waals surface area contributed by atoms with E-state index < -0.39 is 5.66 Å². The molecule has 1 atom stereocenters. The van der Waals surface area contributed by atoms with Gasteiger partial charge in [0.2, 0.25) is 5.69 Å². The van der Waals surface area contributed by atoms with Crippen molar-refractivity contribution in [2.45, 2.75) is 115 Å². The highest BCUT2D eigenvalue weighted by Crippen LogP contribution is 2.57. The van der Waals surface area contributed by atoms with Crippen molar-refractivity contribution in [3.05, 3.63) is 233 Å². The van der Waals surface area contributed by atoms with Gasteiger partial charge in [-0.1, -0.05) is 202 Å². The van der Waals surface area contributed by atoms with Crippen LogP contribution in [0.1, 0.15) is 117 Å². The van der Waals surface area contributed by atoms with E-state index in [4.69, 9.17) is 11.7 Å². The molecule has 3 nitrogen and oxygen atoms in total. The number of aliphatic imine (C=N–C) groups is 1. The molecule has 356 valence electrons. The molecule has 3 heteroatoms. The zero-order valence-electron chi connectivity index (χ0n) is 42.4. The summed E-state index contributed by atoms with van der Waals surface area (Å²) in [5, 5.41) is 0. The van der Waals surface area contributed by atoms with Gasteiger partial charge in [-0.2, -0.15) is 4.58 Å². The fourth-order valence-corrected chi connectivity index (χ4v) is 12.5. The van der Waals surface area contributed by atoms with E-state index in [-0.39, 0.29) is 5.41 Å². The van der Waals surface area contributed by atoms with Crippen molar-refractivity contribution in [3.63, 3.8) is 0 Å². The average molecular weight is 930 g/mol. The van der Waals surface area contributed by atoms with Gasteiger partial charge in [-0.15, -0.1) is 4.57 Å². The Labute approximate surface area is 424 Å². The van der Waals surface area contributed by atoms with Crippen molar-refractivity contribution < 1.29 is 9.14 Å². The SMILES string of the molecule is C=[N+]1/C(=N\C)c2cc(-c3cccc(CCCCCCc4ccccc4)c3)ccc2C12[n+]1ccc(-c3ccccc3)cc1-c1cc(-c3cccc(CCCCCCc4ccccc4)c3)ccc1C2(CC)CC. The van der Waals surface area contributed by atoms with Gasteiger partial charge in [0.25, 0.3) is 0 Å². The minimum Gasteiger partial charge on any atom is -0.169 e. The fraction of sp³-hybridized carbons (Fsp3) is 0.279. The lowest BCUT2D eigenvalue weighted by Gasteiger charge is -2.46. The lowest BCUT2D eigenvalue weighted by Crippen LogP contribution is -2.74. The van der Waals surface area contributed by atoms with Crippen molar-refractivity contribution in [2.24, 2.45) is 4.99 Å². The van der Waals surface area contributed by atoms with Gasteiger partial charge in [0.15, 0.2) is 6.20 Å². The first-order valence-electron chi connectivity index (χ1n) is 26.7. The predicted molar refractivity (Wildman–Crippen MR) is 299 cm³/mol. The Balaban J connectivity index is 0.978. The molecule has 1 spiro atoms. The van der Waals surface area contributed by atoms with E-state index >= 15 is 0 Å². The average Bonchev–Trinajstić information content (AvgIpc) is 3.69. The molecule has 3 heterocycles. The van der Waals surface area contributed by atoms with E-state index in [1.165, 1.54) is 142 Å². The number of hydrogen-bond acceptors (Lipinski definition) is 1. The molecule has 7 aromatic carbocycles. The maximum Gasteiger partial charge on any atom is 0.345 e. The number of rotatable bonds is 19. The molecule has 0 aliphatic carbocycles. The maximum absolute atomic E-state index is 5.10. The van der Waals surface area contributed by atoms with Crippen molar-refractivity contribution >= 4 is 12.6 Å². The van der Waals surface area contributed by atoms with Crippen LogP contribution in [-0.4, -0.2) is 24.2 Å². The van der Waals surface area contributed by atoms with Crippen LogP contribution in [0.25, 0.3) is 44.6 Å². The van der Waals surface area contributed by atoms with E-state index in [0.29, 0.717) is 0 Å². The molecule has 0 radical (unpaired) electrons. The molecule has 0 fully saturated rings. The van der Waals surface area contributed by atoms with Gasteiger partial charge in [0, 0.05) is 12.1 Å². The fourth-order valence-electron chi connectivity index (χ4n) is 12.5. The third-order valence-electron chi connectivity index (χ3n) is 16.2. The van der Waals surface area contributed by atoms with Crippen LogP contribution in [0.5, 0.6) is 0 Å².